The number of hydrogen-bond acceptors (Lipinski definition) is 2. The molecule has 0 unspecified atom stereocenters. The number of rotatable bonds is 3. The van der Waals surface area contributed by atoms with Crippen molar-refractivity contribution in [3.63, 3.8) is 0 Å². The highest BCUT2D eigenvalue weighted by Crippen LogP contribution is 1.83. The Morgan fingerprint density at radius 1 is 1.62 bits per heavy atom. The van der Waals surface area contributed by atoms with Crippen LogP contribution in [0.15, 0.2) is 0 Å². The summed E-state index contributed by atoms with van der Waals surface area (Å²) in [4.78, 5) is 0. The fourth-order valence-electron chi connectivity index (χ4n) is 0.353. The molecule has 0 saturated carbocycles. The zero-order valence-electron chi connectivity index (χ0n) is 5.39. The van der Waals surface area contributed by atoms with Gasteiger partial charge >= 0.3 is 0 Å². The van der Waals surface area contributed by atoms with E-state index >= 15 is 0 Å². The topological polar surface area (TPSA) is 35.2 Å². The van der Waals surface area contributed by atoms with Gasteiger partial charge in [-0.1, -0.05) is 0 Å². The van der Waals surface area contributed by atoms with Crippen LogP contribution in [0, 0.1) is 0 Å². The van der Waals surface area contributed by atoms with Crippen molar-refractivity contribution in [1.29, 1.82) is 0 Å². The molecule has 0 aliphatic carbocycles. The van der Waals surface area contributed by atoms with E-state index in [1.807, 2.05) is 13.8 Å². The lowest BCUT2D eigenvalue weighted by molar-refractivity contribution is 0.0826. The van der Waals surface area contributed by atoms with Crippen LogP contribution in [0.4, 0.5) is 0 Å². The highest BCUT2D eigenvalue weighted by Gasteiger charge is 1.92. The van der Waals surface area contributed by atoms with Gasteiger partial charge in [-0.15, -0.1) is 12.4 Å². The van der Waals surface area contributed by atoms with E-state index in [4.69, 9.17) is 10.5 Å². The third kappa shape index (κ3) is 6.21. The largest absolute Gasteiger partial charge is 0.377 e. The minimum atomic E-state index is 0. The highest BCUT2D eigenvalue weighted by atomic mass is 35.5. The van der Waals surface area contributed by atoms with Crippen molar-refractivity contribution in [3.8, 4) is 0 Å². The first-order valence-electron chi connectivity index (χ1n) is 2.63. The first-order valence-corrected chi connectivity index (χ1v) is 2.63. The molecule has 2 nitrogen and oxygen atoms in total. The molecule has 0 aliphatic heterocycles. The lowest BCUT2D eigenvalue weighted by Crippen LogP contribution is -2.19. The molecule has 0 aromatic rings. The summed E-state index contributed by atoms with van der Waals surface area (Å²) in [5.74, 6) is 0. The summed E-state index contributed by atoms with van der Waals surface area (Å²) in [5.41, 5.74) is 5.23. The maximum absolute atomic E-state index is 5.23. The molecule has 3 heteroatoms. The Morgan fingerprint density at radius 2 is 2.12 bits per heavy atom. The summed E-state index contributed by atoms with van der Waals surface area (Å²) in [6.07, 6.45) is 0.227. The van der Waals surface area contributed by atoms with Crippen molar-refractivity contribution >= 4 is 12.4 Å². The molecule has 0 heterocycles. The monoisotopic (exact) mass is 139 g/mol. The SMILES string of the molecule is CCO[C@H](C)CN.Cl. The highest BCUT2D eigenvalue weighted by molar-refractivity contribution is 5.85. The van der Waals surface area contributed by atoms with E-state index in [1.54, 1.807) is 0 Å². The lowest BCUT2D eigenvalue weighted by Gasteiger charge is -2.05. The van der Waals surface area contributed by atoms with Crippen LogP contribution in [0.1, 0.15) is 13.8 Å². The Hall–Kier alpha value is 0.210. The summed E-state index contributed by atoms with van der Waals surface area (Å²) >= 11 is 0. The first-order chi connectivity index (χ1) is 3.31. The van der Waals surface area contributed by atoms with E-state index in [2.05, 4.69) is 0 Å². The van der Waals surface area contributed by atoms with Crippen molar-refractivity contribution in [2.75, 3.05) is 13.2 Å². The van der Waals surface area contributed by atoms with E-state index in [1.165, 1.54) is 0 Å². The standard InChI is InChI=1S/C5H13NO.ClH/c1-3-7-5(2)4-6;/h5H,3-4,6H2,1-2H3;1H/t5-;/m1./s1. The van der Waals surface area contributed by atoms with Gasteiger partial charge in [-0.3, -0.25) is 0 Å². The van der Waals surface area contributed by atoms with E-state index < -0.39 is 0 Å². The molecule has 0 amide bonds. The number of nitrogens with two attached hydrogens (primary N) is 1. The van der Waals surface area contributed by atoms with Crippen molar-refractivity contribution in [2.45, 2.75) is 20.0 Å². The number of halogens is 1. The molecule has 52 valence electrons. The third-order valence-electron chi connectivity index (χ3n) is 0.783. The van der Waals surface area contributed by atoms with Crippen LogP contribution in [0.25, 0.3) is 0 Å². The van der Waals surface area contributed by atoms with E-state index in [-0.39, 0.29) is 18.5 Å². The molecule has 0 saturated heterocycles. The molecule has 0 bridgehead atoms. The Balaban J connectivity index is 0. The van der Waals surface area contributed by atoms with Crippen LogP contribution in [0.3, 0.4) is 0 Å². The van der Waals surface area contributed by atoms with Gasteiger partial charge in [0.1, 0.15) is 0 Å². The molecule has 8 heavy (non-hydrogen) atoms. The average molecular weight is 140 g/mol. The molecule has 0 radical (unpaired) electrons. The molecule has 0 rings (SSSR count). The normalized spacial score (nSPS) is 12.4. The zero-order chi connectivity index (χ0) is 5.70. The van der Waals surface area contributed by atoms with Gasteiger partial charge in [0.05, 0.1) is 6.10 Å². The van der Waals surface area contributed by atoms with Crippen LogP contribution in [-0.4, -0.2) is 19.3 Å². The van der Waals surface area contributed by atoms with Gasteiger partial charge in [-0.05, 0) is 13.8 Å². The predicted octanol–water partition coefficient (Wildman–Crippen LogP) is 0.792. The minimum absolute atomic E-state index is 0. The fraction of sp³-hybridized carbons (Fsp3) is 1.00. The second-order valence-corrected chi connectivity index (χ2v) is 1.50. The van der Waals surface area contributed by atoms with Gasteiger partial charge in [-0.25, -0.2) is 0 Å². The maximum Gasteiger partial charge on any atom is 0.0669 e. The van der Waals surface area contributed by atoms with E-state index in [9.17, 15) is 0 Å². The summed E-state index contributed by atoms with van der Waals surface area (Å²) < 4.78 is 5.07. The van der Waals surface area contributed by atoms with Gasteiger partial charge in [0.2, 0.25) is 0 Å². The smallest absolute Gasteiger partial charge is 0.0669 e. The molecular formula is C5H14ClNO. The van der Waals surface area contributed by atoms with Crippen LogP contribution in [-0.2, 0) is 4.74 Å². The Bertz CT molecular complexity index is 43.4. The molecule has 0 fully saturated rings. The lowest BCUT2D eigenvalue weighted by atomic mass is 10.4. The Labute approximate surface area is 56.8 Å². The predicted molar refractivity (Wildman–Crippen MR) is 37.4 cm³/mol. The van der Waals surface area contributed by atoms with Gasteiger partial charge in [0, 0.05) is 13.2 Å². The Kier molecular flexibility index (Phi) is 9.97. The number of hydrogen-bond donors (Lipinski definition) is 1. The van der Waals surface area contributed by atoms with Crippen molar-refractivity contribution < 1.29 is 4.74 Å². The summed E-state index contributed by atoms with van der Waals surface area (Å²) in [6.45, 7) is 5.31. The van der Waals surface area contributed by atoms with E-state index in [0.29, 0.717) is 6.54 Å². The van der Waals surface area contributed by atoms with Gasteiger partial charge < -0.3 is 10.5 Å². The van der Waals surface area contributed by atoms with Crippen LogP contribution in [0.5, 0.6) is 0 Å². The van der Waals surface area contributed by atoms with Gasteiger partial charge in [0.15, 0.2) is 0 Å². The molecule has 0 aromatic carbocycles. The van der Waals surface area contributed by atoms with Crippen molar-refractivity contribution in [2.24, 2.45) is 5.73 Å². The second-order valence-electron chi connectivity index (χ2n) is 1.50. The van der Waals surface area contributed by atoms with Crippen LogP contribution < -0.4 is 5.73 Å². The second kappa shape index (κ2) is 7.21. The van der Waals surface area contributed by atoms with Crippen molar-refractivity contribution in [3.05, 3.63) is 0 Å². The van der Waals surface area contributed by atoms with Crippen molar-refractivity contribution in [1.82, 2.24) is 0 Å². The molecule has 2 N–H and O–H groups in total. The average Bonchev–Trinajstić information content (AvgIpc) is 1.68. The van der Waals surface area contributed by atoms with Gasteiger partial charge in [-0.2, -0.15) is 0 Å². The first kappa shape index (κ1) is 11.1. The molecule has 0 spiro atoms. The summed E-state index contributed by atoms with van der Waals surface area (Å²) in [5, 5.41) is 0. The summed E-state index contributed by atoms with van der Waals surface area (Å²) in [6, 6.07) is 0. The summed E-state index contributed by atoms with van der Waals surface area (Å²) in [7, 11) is 0. The molecule has 0 aliphatic rings. The van der Waals surface area contributed by atoms with Crippen LogP contribution >= 0.6 is 12.4 Å². The molecular weight excluding hydrogens is 126 g/mol. The number of ether oxygens (including phenoxy) is 1. The van der Waals surface area contributed by atoms with E-state index in [0.717, 1.165) is 6.61 Å². The third-order valence-corrected chi connectivity index (χ3v) is 0.783. The Morgan fingerprint density at radius 3 is 2.25 bits per heavy atom. The zero-order valence-corrected chi connectivity index (χ0v) is 6.20. The van der Waals surface area contributed by atoms with Gasteiger partial charge in [0.25, 0.3) is 0 Å². The molecule has 0 aromatic heterocycles. The fourth-order valence-corrected chi connectivity index (χ4v) is 0.353. The minimum Gasteiger partial charge on any atom is -0.377 e. The maximum atomic E-state index is 5.23. The van der Waals surface area contributed by atoms with Crippen LogP contribution in [0.2, 0.25) is 0 Å². The quantitative estimate of drug-likeness (QED) is 0.628. The molecule has 1 atom stereocenters.